The van der Waals surface area contributed by atoms with Crippen LogP contribution in [0.25, 0.3) is 0 Å². The third kappa shape index (κ3) is 3.98. The fourth-order valence-corrected chi connectivity index (χ4v) is 2.05. The Kier molecular flexibility index (Phi) is 4.82. The maximum atomic E-state index is 6.19. The quantitative estimate of drug-likeness (QED) is 0.880. The molecule has 0 atom stereocenters. The van der Waals surface area contributed by atoms with Gasteiger partial charge in [0.25, 0.3) is 0 Å². The van der Waals surface area contributed by atoms with E-state index in [-0.39, 0.29) is 0 Å². The number of anilines is 1. The van der Waals surface area contributed by atoms with Crippen molar-refractivity contribution in [2.75, 3.05) is 18.9 Å². The highest BCUT2D eigenvalue weighted by molar-refractivity contribution is 6.31. The fraction of sp³-hybridized carbons (Fsp3) is 0.357. The van der Waals surface area contributed by atoms with Crippen LogP contribution in [0.5, 0.6) is 0 Å². The highest BCUT2D eigenvalue weighted by Gasteiger charge is 2.08. The largest absolute Gasteiger partial charge is 0.472 e. The van der Waals surface area contributed by atoms with Crippen molar-refractivity contribution >= 4 is 17.4 Å². The lowest BCUT2D eigenvalue weighted by molar-refractivity contribution is 0.314. The minimum Gasteiger partial charge on any atom is -0.472 e. The van der Waals surface area contributed by atoms with Gasteiger partial charge in [0.05, 0.1) is 23.2 Å². The van der Waals surface area contributed by atoms with Crippen LogP contribution in [0.2, 0.25) is 5.02 Å². The molecular weight excluding hydrogens is 262 g/mol. The molecule has 19 heavy (non-hydrogen) atoms. The second kappa shape index (κ2) is 6.59. The van der Waals surface area contributed by atoms with Crippen molar-refractivity contribution in [3.05, 3.63) is 47.0 Å². The average molecular weight is 280 g/mol. The van der Waals surface area contributed by atoms with E-state index in [1.807, 2.05) is 32.2 Å². The lowest BCUT2D eigenvalue weighted by Gasteiger charge is -2.16. The summed E-state index contributed by atoms with van der Waals surface area (Å²) in [7, 11) is 2.03. The molecule has 5 heteroatoms. The summed E-state index contributed by atoms with van der Waals surface area (Å²) >= 11 is 6.19. The van der Waals surface area contributed by atoms with E-state index in [1.54, 1.807) is 12.5 Å². The van der Waals surface area contributed by atoms with Gasteiger partial charge in [0.15, 0.2) is 0 Å². The second-order valence-electron chi connectivity index (χ2n) is 4.46. The van der Waals surface area contributed by atoms with Gasteiger partial charge in [-0.3, -0.25) is 4.90 Å². The van der Waals surface area contributed by atoms with E-state index in [9.17, 15) is 0 Å². The zero-order valence-corrected chi connectivity index (χ0v) is 11.9. The smallest absolute Gasteiger partial charge is 0.126 e. The minimum absolute atomic E-state index is 0.695. The monoisotopic (exact) mass is 279 g/mol. The Morgan fingerprint density at radius 2 is 2.16 bits per heavy atom. The number of hydrogen-bond acceptors (Lipinski definition) is 4. The molecule has 1 N–H and O–H groups in total. The molecule has 0 aromatic carbocycles. The van der Waals surface area contributed by atoms with Crippen LogP contribution in [0.15, 0.2) is 35.1 Å². The fourth-order valence-electron chi connectivity index (χ4n) is 1.88. The molecule has 0 aliphatic rings. The van der Waals surface area contributed by atoms with Crippen LogP contribution in [0.4, 0.5) is 5.82 Å². The van der Waals surface area contributed by atoms with Gasteiger partial charge in [0.1, 0.15) is 5.82 Å². The first-order valence-electron chi connectivity index (χ1n) is 6.28. The Hall–Kier alpha value is -1.52. The zero-order chi connectivity index (χ0) is 13.7. The van der Waals surface area contributed by atoms with Crippen LogP contribution in [-0.2, 0) is 13.1 Å². The molecule has 0 spiro atoms. The summed E-state index contributed by atoms with van der Waals surface area (Å²) < 4.78 is 5.06. The minimum atomic E-state index is 0.695. The summed E-state index contributed by atoms with van der Waals surface area (Å²) in [5, 5.41) is 3.89. The lowest BCUT2D eigenvalue weighted by Crippen LogP contribution is -2.18. The molecule has 0 saturated carbocycles. The highest BCUT2D eigenvalue weighted by atomic mass is 35.5. The van der Waals surface area contributed by atoms with E-state index in [2.05, 4.69) is 15.2 Å². The molecular formula is C14H18ClN3O. The third-order valence-corrected chi connectivity index (χ3v) is 3.07. The molecule has 0 bridgehead atoms. The molecule has 0 amide bonds. The normalized spacial score (nSPS) is 10.9. The van der Waals surface area contributed by atoms with Gasteiger partial charge in [0.2, 0.25) is 0 Å². The van der Waals surface area contributed by atoms with Gasteiger partial charge >= 0.3 is 0 Å². The number of nitrogens with one attached hydrogen (secondary N) is 1. The summed E-state index contributed by atoms with van der Waals surface area (Å²) in [6.07, 6.45) is 3.43. The number of furan rings is 1. The molecule has 102 valence electrons. The van der Waals surface area contributed by atoms with Gasteiger partial charge in [-0.2, -0.15) is 0 Å². The molecule has 0 aliphatic carbocycles. The number of nitrogens with zero attached hydrogens (tertiary/aromatic N) is 2. The van der Waals surface area contributed by atoms with Crippen molar-refractivity contribution in [3.63, 3.8) is 0 Å². The van der Waals surface area contributed by atoms with Gasteiger partial charge in [-0.15, -0.1) is 0 Å². The highest BCUT2D eigenvalue weighted by Crippen LogP contribution is 2.18. The van der Waals surface area contributed by atoms with Crippen LogP contribution in [0.1, 0.15) is 18.2 Å². The zero-order valence-electron chi connectivity index (χ0n) is 11.2. The Morgan fingerprint density at radius 1 is 1.32 bits per heavy atom. The third-order valence-electron chi connectivity index (χ3n) is 2.73. The van der Waals surface area contributed by atoms with Crippen LogP contribution in [-0.4, -0.2) is 23.5 Å². The number of aromatic nitrogens is 1. The Bertz CT molecular complexity index is 513. The first kappa shape index (κ1) is 13.9. The van der Waals surface area contributed by atoms with E-state index >= 15 is 0 Å². The maximum Gasteiger partial charge on any atom is 0.126 e. The maximum absolute atomic E-state index is 6.19. The number of halogens is 1. The molecule has 0 radical (unpaired) electrons. The van der Waals surface area contributed by atoms with Crippen LogP contribution < -0.4 is 5.32 Å². The summed E-state index contributed by atoms with van der Waals surface area (Å²) in [5.74, 6) is 0.860. The van der Waals surface area contributed by atoms with Crippen molar-refractivity contribution in [1.82, 2.24) is 9.88 Å². The predicted molar refractivity (Wildman–Crippen MR) is 77.3 cm³/mol. The van der Waals surface area contributed by atoms with Crippen LogP contribution in [0.3, 0.4) is 0 Å². The Morgan fingerprint density at radius 3 is 2.84 bits per heavy atom. The Labute approximate surface area is 118 Å². The number of pyridine rings is 1. The first-order valence-corrected chi connectivity index (χ1v) is 6.65. The molecule has 2 heterocycles. The van der Waals surface area contributed by atoms with Gasteiger partial charge in [-0.05, 0) is 32.2 Å². The summed E-state index contributed by atoms with van der Waals surface area (Å²) in [6, 6.07) is 5.74. The molecule has 0 saturated heterocycles. The lowest BCUT2D eigenvalue weighted by atomic mass is 10.3. The number of rotatable bonds is 6. The van der Waals surface area contributed by atoms with Crippen LogP contribution in [0, 0.1) is 0 Å². The van der Waals surface area contributed by atoms with Crippen LogP contribution >= 0.6 is 11.6 Å². The van der Waals surface area contributed by atoms with Crippen molar-refractivity contribution in [2.24, 2.45) is 0 Å². The summed E-state index contributed by atoms with van der Waals surface area (Å²) in [6.45, 7) is 4.39. The van der Waals surface area contributed by atoms with E-state index in [0.29, 0.717) is 11.6 Å². The van der Waals surface area contributed by atoms with Crippen molar-refractivity contribution in [3.8, 4) is 0 Å². The first-order chi connectivity index (χ1) is 9.19. The van der Waals surface area contributed by atoms with Crippen molar-refractivity contribution < 1.29 is 4.42 Å². The van der Waals surface area contributed by atoms with Gasteiger partial charge < -0.3 is 9.73 Å². The SMILES string of the molecule is CCNc1ccc(Cl)c(CN(C)Cc2ccoc2)n1. The van der Waals surface area contributed by atoms with E-state index < -0.39 is 0 Å². The summed E-state index contributed by atoms with van der Waals surface area (Å²) in [4.78, 5) is 6.67. The molecule has 2 rings (SSSR count). The van der Waals surface area contributed by atoms with E-state index in [1.165, 1.54) is 0 Å². The number of hydrogen-bond donors (Lipinski definition) is 1. The van der Waals surface area contributed by atoms with Crippen molar-refractivity contribution in [1.29, 1.82) is 0 Å². The van der Waals surface area contributed by atoms with Gasteiger partial charge in [-0.1, -0.05) is 11.6 Å². The standard InChI is InChI=1S/C14H18ClN3O/c1-3-16-14-5-4-12(15)13(17-14)9-18(2)8-11-6-7-19-10-11/h4-7,10H,3,8-9H2,1-2H3,(H,16,17). The Balaban J connectivity index is 2.02. The molecule has 0 unspecified atom stereocenters. The van der Waals surface area contributed by atoms with Crippen molar-refractivity contribution in [2.45, 2.75) is 20.0 Å². The molecule has 0 aliphatic heterocycles. The average Bonchev–Trinajstić information content (AvgIpc) is 2.86. The topological polar surface area (TPSA) is 41.3 Å². The van der Waals surface area contributed by atoms with Gasteiger partial charge in [-0.25, -0.2) is 4.98 Å². The second-order valence-corrected chi connectivity index (χ2v) is 4.87. The summed E-state index contributed by atoms with van der Waals surface area (Å²) in [5.41, 5.74) is 2.02. The molecule has 2 aromatic rings. The molecule has 4 nitrogen and oxygen atoms in total. The molecule has 2 aromatic heterocycles. The van der Waals surface area contributed by atoms with E-state index in [4.69, 9.17) is 16.0 Å². The van der Waals surface area contributed by atoms with Gasteiger partial charge in [0, 0.05) is 25.2 Å². The predicted octanol–water partition coefficient (Wildman–Crippen LogP) is 3.39. The van der Waals surface area contributed by atoms with E-state index in [0.717, 1.165) is 30.2 Å². The molecule has 0 fully saturated rings.